The summed E-state index contributed by atoms with van der Waals surface area (Å²) < 4.78 is 34.3. The molecule has 3 aromatic carbocycles. The number of sulfone groups is 1. The molecule has 1 aliphatic carbocycles. The number of carboxylic acid groups (broad SMARTS) is 1. The Bertz CT molecular complexity index is 1550. The second kappa shape index (κ2) is 11.5. The van der Waals surface area contributed by atoms with Crippen LogP contribution >= 0.6 is 0 Å². The largest absolute Gasteiger partial charge is 0.478 e. The van der Waals surface area contributed by atoms with Crippen LogP contribution in [-0.2, 0) is 25.9 Å². The fourth-order valence-corrected chi connectivity index (χ4v) is 6.58. The van der Waals surface area contributed by atoms with E-state index in [0.29, 0.717) is 33.9 Å². The molecule has 0 radical (unpaired) electrons. The molecule has 1 heterocycles. The third-order valence-corrected chi connectivity index (χ3v) is 9.03. The molecule has 2 N–H and O–H groups in total. The van der Waals surface area contributed by atoms with Crippen LogP contribution in [0.1, 0.15) is 44.6 Å². The van der Waals surface area contributed by atoms with E-state index in [1.54, 1.807) is 48.5 Å². The van der Waals surface area contributed by atoms with Crippen LogP contribution in [0.25, 0.3) is 17.2 Å². The first-order chi connectivity index (χ1) is 19.2. The van der Waals surface area contributed by atoms with E-state index in [9.17, 15) is 18.0 Å². The number of carboxylic acids is 1. The Hall–Kier alpha value is -3.91. The highest BCUT2D eigenvalue weighted by molar-refractivity contribution is 7.91. The molecule has 0 bridgehead atoms. The molecular weight excluding hydrogens is 512 g/mol. The highest BCUT2D eigenvalue weighted by Crippen LogP contribution is 2.33. The second-order valence-corrected chi connectivity index (χ2v) is 12.1. The molecule has 1 aliphatic heterocycles. The molecule has 1 saturated carbocycles. The number of rotatable bonds is 7. The van der Waals surface area contributed by atoms with Crippen LogP contribution in [0.5, 0.6) is 0 Å². The number of carbonyl (C=O) groups is 2. The van der Waals surface area contributed by atoms with E-state index >= 15 is 0 Å². The average molecular weight is 546 g/mol. The maximum atomic E-state index is 13.8. The molecule has 39 heavy (non-hydrogen) atoms. The Kier molecular flexibility index (Phi) is 7.45. The molecule has 1 unspecified atom stereocenters. The van der Waals surface area contributed by atoms with E-state index in [1.807, 2.05) is 18.2 Å². The number of hydrogen-bond acceptors (Lipinski definition) is 5. The first kappa shape index (κ1) is 25.4. The number of carbonyl (C=O) groups excluding carboxylic acids is 1. The van der Waals surface area contributed by atoms with Gasteiger partial charge in [-0.15, -0.1) is 0 Å². The number of benzene rings is 3. The first-order valence-electron chi connectivity index (χ1n) is 13.8. The van der Waals surface area contributed by atoms with Gasteiger partial charge in [0.1, 0.15) is 0 Å². The van der Waals surface area contributed by atoms with E-state index in [4.69, 9.17) is 6.48 Å². The SMILES string of the molecule is [2H]C(c1ccc(-c2ccc3c(c2)S(=O)(=O)CCN3)cc1)N(C(=O)C1CCCCC1)c1cccc(/C=C/C(=O)O)c1. The number of amides is 1. The normalized spacial score (nSPS) is 18.0. The van der Waals surface area contributed by atoms with E-state index in [1.165, 1.54) is 11.0 Å². The lowest BCUT2D eigenvalue weighted by Crippen LogP contribution is -2.36. The van der Waals surface area contributed by atoms with Crippen molar-refractivity contribution in [1.29, 1.82) is 0 Å². The summed E-state index contributed by atoms with van der Waals surface area (Å²) in [5.74, 6) is -1.27. The lowest BCUT2D eigenvalue weighted by Gasteiger charge is -2.30. The summed E-state index contributed by atoms with van der Waals surface area (Å²) in [5, 5.41) is 12.2. The number of anilines is 2. The topological polar surface area (TPSA) is 104 Å². The van der Waals surface area contributed by atoms with Gasteiger partial charge in [0.15, 0.2) is 9.84 Å². The Balaban J connectivity index is 1.46. The minimum atomic E-state index is -3.34. The summed E-state index contributed by atoms with van der Waals surface area (Å²) in [5.41, 5.74) is 3.96. The van der Waals surface area contributed by atoms with Crippen LogP contribution in [0.4, 0.5) is 11.4 Å². The van der Waals surface area contributed by atoms with Gasteiger partial charge in [0.2, 0.25) is 5.91 Å². The van der Waals surface area contributed by atoms with E-state index < -0.39 is 22.3 Å². The molecule has 3 aromatic rings. The summed E-state index contributed by atoms with van der Waals surface area (Å²) in [6, 6.07) is 19.6. The molecule has 1 fully saturated rings. The number of fused-ring (bicyclic) bond motifs is 1. The van der Waals surface area contributed by atoms with E-state index in [2.05, 4.69) is 5.32 Å². The lowest BCUT2D eigenvalue weighted by atomic mass is 9.88. The minimum absolute atomic E-state index is 0.0566. The highest BCUT2D eigenvalue weighted by Gasteiger charge is 2.27. The van der Waals surface area contributed by atoms with E-state index in [0.717, 1.165) is 49.3 Å². The molecule has 1 amide bonds. The third kappa shape index (κ3) is 6.23. The fraction of sp³-hybridized carbons (Fsp3) is 0.290. The van der Waals surface area contributed by atoms with Crippen molar-refractivity contribution < 1.29 is 24.5 Å². The zero-order valence-corrected chi connectivity index (χ0v) is 22.4. The second-order valence-electron chi connectivity index (χ2n) is 10.0. The molecule has 0 spiro atoms. The Morgan fingerprint density at radius 3 is 2.49 bits per heavy atom. The lowest BCUT2D eigenvalue weighted by molar-refractivity contribution is -0.131. The predicted molar refractivity (Wildman–Crippen MR) is 153 cm³/mol. The molecule has 7 nitrogen and oxygen atoms in total. The monoisotopic (exact) mass is 545 g/mol. The van der Waals surface area contributed by atoms with Gasteiger partial charge in [0.25, 0.3) is 0 Å². The van der Waals surface area contributed by atoms with Crippen LogP contribution in [-0.4, -0.2) is 37.7 Å². The molecule has 5 rings (SSSR count). The molecule has 1 atom stereocenters. The maximum absolute atomic E-state index is 13.8. The number of aliphatic carboxylic acids is 1. The zero-order chi connectivity index (χ0) is 28.3. The quantitative estimate of drug-likeness (QED) is 0.366. The third-order valence-electron chi connectivity index (χ3n) is 7.28. The van der Waals surface area contributed by atoms with E-state index in [-0.39, 0.29) is 17.6 Å². The summed E-state index contributed by atoms with van der Waals surface area (Å²) in [6.45, 7) is -0.626. The Morgan fingerprint density at radius 2 is 1.74 bits per heavy atom. The number of hydrogen-bond donors (Lipinski definition) is 2. The summed E-state index contributed by atoms with van der Waals surface area (Å²) in [6.07, 6.45) is 7.16. The van der Waals surface area contributed by atoms with Crippen molar-refractivity contribution in [3.63, 3.8) is 0 Å². The zero-order valence-electron chi connectivity index (χ0n) is 22.5. The molecule has 2 aliphatic rings. The van der Waals surface area contributed by atoms with Gasteiger partial charge in [0.05, 0.1) is 24.2 Å². The summed E-state index contributed by atoms with van der Waals surface area (Å²) in [7, 11) is -3.34. The standard InChI is InChI=1S/C31H32N2O5S/c34-30(35)16-11-22-5-4-8-27(19-22)33(31(36)25-6-2-1-3-7-25)21-23-9-12-24(13-10-23)26-14-15-28-29(20-26)39(37,38)18-17-32-28/h4-5,8-16,19-20,25,32H,1-3,6-7,17-18,21H2,(H,34,35)/b16-11+/i21D. The van der Waals surface area contributed by atoms with Gasteiger partial charge in [-0.2, -0.15) is 0 Å². The van der Waals surface area contributed by atoms with Gasteiger partial charge in [-0.3, -0.25) is 4.79 Å². The minimum Gasteiger partial charge on any atom is -0.478 e. The molecule has 0 saturated heterocycles. The van der Waals surface area contributed by atoms with Gasteiger partial charge >= 0.3 is 5.97 Å². The molecule has 202 valence electrons. The van der Waals surface area contributed by atoms with Crippen molar-refractivity contribution in [2.75, 3.05) is 22.5 Å². The molecule has 0 aromatic heterocycles. The number of nitrogens with zero attached hydrogens (tertiary/aromatic N) is 1. The van der Waals surface area contributed by atoms with Crippen molar-refractivity contribution in [3.05, 3.63) is 83.9 Å². The van der Waals surface area contributed by atoms with Gasteiger partial charge in [-0.05, 0) is 65.4 Å². The number of nitrogens with one attached hydrogen (secondary N) is 1. The summed E-state index contributed by atoms with van der Waals surface area (Å²) in [4.78, 5) is 26.6. The van der Waals surface area contributed by atoms with Crippen molar-refractivity contribution in [1.82, 2.24) is 0 Å². The van der Waals surface area contributed by atoms with Crippen molar-refractivity contribution in [2.24, 2.45) is 5.92 Å². The van der Waals surface area contributed by atoms with Crippen LogP contribution in [0.15, 0.2) is 77.7 Å². The first-order valence-corrected chi connectivity index (χ1v) is 14.9. The van der Waals surface area contributed by atoms with Gasteiger partial charge in [-0.25, -0.2) is 13.2 Å². The maximum Gasteiger partial charge on any atom is 0.328 e. The van der Waals surface area contributed by atoms with Gasteiger partial charge in [-0.1, -0.05) is 61.7 Å². The Morgan fingerprint density at radius 1 is 1.00 bits per heavy atom. The van der Waals surface area contributed by atoms with Gasteiger partial charge < -0.3 is 15.3 Å². The van der Waals surface area contributed by atoms with Crippen LogP contribution in [0.2, 0.25) is 0 Å². The summed E-state index contributed by atoms with van der Waals surface area (Å²) >= 11 is 0. The highest BCUT2D eigenvalue weighted by atomic mass is 32.2. The van der Waals surface area contributed by atoms with Crippen LogP contribution in [0, 0.1) is 5.92 Å². The van der Waals surface area contributed by atoms with Crippen molar-refractivity contribution in [2.45, 2.75) is 43.5 Å². The fourth-order valence-electron chi connectivity index (χ4n) is 5.20. The van der Waals surface area contributed by atoms with Crippen LogP contribution in [0.3, 0.4) is 0 Å². The van der Waals surface area contributed by atoms with Crippen molar-refractivity contribution >= 4 is 39.2 Å². The van der Waals surface area contributed by atoms with Gasteiger partial charge in [0, 0.05) is 24.2 Å². The Labute approximate surface area is 230 Å². The average Bonchev–Trinajstić information content (AvgIpc) is 2.97. The predicted octanol–water partition coefficient (Wildman–Crippen LogP) is 5.76. The molecule has 8 heteroatoms. The van der Waals surface area contributed by atoms with Crippen LogP contribution < -0.4 is 10.2 Å². The molecular formula is C31H32N2O5S. The smallest absolute Gasteiger partial charge is 0.328 e. The van der Waals surface area contributed by atoms with Crippen molar-refractivity contribution in [3.8, 4) is 11.1 Å².